The molecule has 10 nitrogen and oxygen atoms in total. The molecule has 0 amide bonds. The molecule has 0 aliphatic carbocycles. The molecule has 0 fully saturated rings. The summed E-state index contributed by atoms with van der Waals surface area (Å²) < 4.78 is 20.4. The highest BCUT2D eigenvalue weighted by Crippen LogP contribution is 1.96. The van der Waals surface area contributed by atoms with Crippen molar-refractivity contribution in [1.29, 1.82) is 0 Å². The lowest BCUT2D eigenvalue weighted by atomic mass is 10.2. The number of carboxylic acid groups (broad SMARTS) is 2. The highest BCUT2D eigenvalue weighted by atomic mass is 16.6. The highest BCUT2D eigenvalue weighted by molar-refractivity contribution is 5.87. The fourth-order valence-corrected chi connectivity index (χ4v) is 2.05. The van der Waals surface area contributed by atoms with Crippen LogP contribution < -0.4 is 0 Å². The minimum atomic E-state index is -0.879. The lowest BCUT2D eigenvalue weighted by Gasteiger charge is -2.06. The second-order valence-electron chi connectivity index (χ2n) is 6.24. The van der Waals surface area contributed by atoms with E-state index in [4.69, 9.17) is 39.4 Å². The molecule has 2 aromatic rings. The Morgan fingerprint density at radius 2 is 0.765 bits per heavy atom. The Morgan fingerprint density at radius 3 is 0.971 bits per heavy atom. The van der Waals surface area contributed by atoms with Gasteiger partial charge in [0.25, 0.3) is 0 Å². The summed E-state index contributed by atoms with van der Waals surface area (Å²) in [6, 6.07) is 16.6. The molecule has 0 atom stereocenters. The van der Waals surface area contributed by atoms with Crippen molar-refractivity contribution in [2.24, 2.45) is 0 Å². The zero-order valence-corrected chi connectivity index (χ0v) is 19.1. The monoisotopic (exact) mass is 482 g/mol. The lowest BCUT2D eigenvalue weighted by molar-refractivity contribution is -0.00856. The Kier molecular flexibility index (Phi) is 21.3. The van der Waals surface area contributed by atoms with Crippen molar-refractivity contribution in [2.75, 3.05) is 66.1 Å². The third-order valence-corrected chi connectivity index (χ3v) is 3.63. The number of aromatic carboxylic acids is 2. The smallest absolute Gasteiger partial charge is 0.335 e. The molecule has 0 bridgehead atoms. The van der Waals surface area contributed by atoms with Crippen molar-refractivity contribution >= 4 is 11.9 Å². The van der Waals surface area contributed by atoms with E-state index in [1.54, 1.807) is 60.7 Å². The molecular formula is C24H34O10. The van der Waals surface area contributed by atoms with Gasteiger partial charge in [0.05, 0.1) is 77.2 Å². The highest BCUT2D eigenvalue weighted by Gasteiger charge is 1.97. The molecule has 2 rings (SSSR count). The van der Waals surface area contributed by atoms with E-state index in [-0.39, 0.29) is 13.2 Å². The van der Waals surface area contributed by atoms with Crippen LogP contribution in [0.4, 0.5) is 0 Å². The van der Waals surface area contributed by atoms with E-state index in [0.717, 1.165) is 0 Å². The molecule has 0 radical (unpaired) electrons. The van der Waals surface area contributed by atoms with Crippen LogP contribution in [0.2, 0.25) is 0 Å². The summed E-state index contributed by atoms with van der Waals surface area (Å²) in [5.41, 5.74) is 0.662. The maximum atomic E-state index is 10.2. The van der Waals surface area contributed by atoms with Gasteiger partial charge in [0.15, 0.2) is 0 Å². The van der Waals surface area contributed by atoms with Crippen LogP contribution in [0.1, 0.15) is 20.7 Å². The molecule has 0 saturated heterocycles. The summed E-state index contributed by atoms with van der Waals surface area (Å²) in [6.07, 6.45) is 0. The third-order valence-electron chi connectivity index (χ3n) is 3.63. The van der Waals surface area contributed by atoms with E-state index in [9.17, 15) is 9.59 Å². The average Bonchev–Trinajstić information content (AvgIpc) is 2.86. The molecule has 0 spiro atoms. The van der Waals surface area contributed by atoms with Gasteiger partial charge in [-0.15, -0.1) is 0 Å². The summed E-state index contributed by atoms with van der Waals surface area (Å²) in [6.45, 7) is 3.79. The molecule has 0 aromatic heterocycles. The van der Waals surface area contributed by atoms with Gasteiger partial charge in [0, 0.05) is 0 Å². The maximum Gasteiger partial charge on any atom is 0.335 e. The normalized spacial score (nSPS) is 9.82. The summed E-state index contributed by atoms with van der Waals surface area (Å²) >= 11 is 0. The van der Waals surface area contributed by atoms with Gasteiger partial charge in [-0.05, 0) is 24.3 Å². The molecule has 190 valence electrons. The molecule has 10 heteroatoms. The van der Waals surface area contributed by atoms with E-state index in [2.05, 4.69) is 0 Å². The van der Waals surface area contributed by atoms with Gasteiger partial charge in [0.1, 0.15) is 0 Å². The quantitative estimate of drug-likeness (QED) is 0.277. The number of aliphatic hydroxyl groups is 2. The van der Waals surface area contributed by atoms with E-state index < -0.39 is 11.9 Å². The molecule has 34 heavy (non-hydrogen) atoms. The van der Waals surface area contributed by atoms with Crippen molar-refractivity contribution in [1.82, 2.24) is 0 Å². The molecule has 2 aromatic carbocycles. The van der Waals surface area contributed by atoms with Gasteiger partial charge >= 0.3 is 11.9 Å². The van der Waals surface area contributed by atoms with Crippen LogP contribution in [0.5, 0.6) is 0 Å². The van der Waals surface area contributed by atoms with Gasteiger partial charge in [-0.1, -0.05) is 36.4 Å². The molecule has 0 heterocycles. The summed E-state index contributed by atoms with van der Waals surface area (Å²) in [5.74, 6) is -1.76. The predicted octanol–water partition coefficient (Wildman–Crippen LogP) is 1.81. The molecule has 4 N–H and O–H groups in total. The number of ether oxygens (including phenoxy) is 4. The first-order valence-electron chi connectivity index (χ1n) is 10.6. The second kappa shape index (κ2) is 23.3. The zero-order valence-electron chi connectivity index (χ0n) is 19.1. The fraction of sp³-hybridized carbons (Fsp3) is 0.417. The molecular weight excluding hydrogens is 448 g/mol. The lowest BCUT2D eigenvalue weighted by Crippen LogP contribution is -2.13. The minimum absolute atomic E-state index is 0.0386. The first-order chi connectivity index (χ1) is 16.5. The maximum absolute atomic E-state index is 10.2. The average molecular weight is 483 g/mol. The van der Waals surface area contributed by atoms with Crippen LogP contribution in [0.25, 0.3) is 0 Å². The topological polar surface area (TPSA) is 152 Å². The summed E-state index contributed by atoms with van der Waals surface area (Å²) in [7, 11) is 0. The van der Waals surface area contributed by atoms with Gasteiger partial charge in [0.2, 0.25) is 0 Å². The number of hydrogen-bond donors (Lipinski definition) is 4. The van der Waals surface area contributed by atoms with Crippen LogP contribution in [-0.4, -0.2) is 98.4 Å². The van der Waals surface area contributed by atoms with Crippen molar-refractivity contribution in [2.45, 2.75) is 0 Å². The minimum Gasteiger partial charge on any atom is -0.478 e. The van der Waals surface area contributed by atoms with Crippen LogP contribution in [0, 0.1) is 0 Å². The van der Waals surface area contributed by atoms with Gasteiger partial charge in [-0.25, -0.2) is 9.59 Å². The van der Waals surface area contributed by atoms with E-state index >= 15 is 0 Å². The summed E-state index contributed by atoms with van der Waals surface area (Å²) in [5, 5.41) is 33.6. The Balaban J connectivity index is 0.000000513. The predicted molar refractivity (Wildman–Crippen MR) is 124 cm³/mol. The third kappa shape index (κ3) is 19.8. The first kappa shape index (κ1) is 31.1. The number of rotatable bonds is 15. The van der Waals surface area contributed by atoms with Gasteiger partial charge in [-0.2, -0.15) is 0 Å². The van der Waals surface area contributed by atoms with E-state index in [1.165, 1.54) is 0 Å². The van der Waals surface area contributed by atoms with Crippen molar-refractivity contribution in [3.63, 3.8) is 0 Å². The first-order valence-corrected chi connectivity index (χ1v) is 10.6. The summed E-state index contributed by atoms with van der Waals surface area (Å²) in [4.78, 5) is 20.4. The Labute approximate surface area is 199 Å². The fourth-order valence-electron chi connectivity index (χ4n) is 2.05. The number of benzene rings is 2. The van der Waals surface area contributed by atoms with Crippen LogP contribution >= 0.6 is 0 Å². The Morgan fingerprint density at radius 1 is 0.500 bits per heavy atom. The Hall–Kier alpha value is -2.86. The molecule has 0 unspecified atom stereocenters. The van der Waals surface area contributed by atoms with Crippen LogP contribution in [-0.2, 0) is 18.9 Å². The van der Waals surface area contributed by atoms with E-state index in [0.29, 0.717) is 64.0 Å². The van der Waals surface area contributed by atoms with Crippen molar-refractivity contribution < 1.29 is 49.0 Å². The SMILES string of the molecule is O=C(O)c1ccccc1.O=C(O)c1ccccc1.OCCOCCOCCOCCOCCO. The van der Waals surface area contributed by atoms with Crippen molar-refractivity contribution in [3.8, 4) is 0 Å². The largest absolute Gasteiger partial charge is 0.478 e. The van der Waals surface area contributed by atoms with Gasteiger partial charge in [-0.3, -0.25) is 0 Å². The zero-order chi connectivity index (χ0) is 25.3. The van der Waals surface area contributed by atoms with Crippen molar-refractivity contribution in [3.05, 3.63) is 71.8 Å². The second-order valence-corrected chi connectivity index (χ2v) is 6.24. The van der Waals surface area contributed by atoms with Crippen LogP contribution in [0.3, 0.4) is 0 Å². The number of carboxylic acids is 2. The Bertz CT molecular complexity index is 662. The number of aliphatic hydroxyl groups excluding tert-OH is 2. The standard InChI is InChI=1S/C10H22O6.2C7H6O2/c11-1-3-13-5-7-15-9-10-16-8-6-14-4-2-12;2*8-7(9)6-4-2-1-3-5-6/h11-12H,1-10H2;2*1-5H,(H,8,9). The van der Waals surface area contributed by atoms with Gasteiger partial charge < -0.3 is 39.4 Å². The number of hydrogen-bond acceptors (Lipinski definition) is 8. The van der Waals surface area contributed by atoms with Crippen LogP contribution in [0.15, 0.2) is 60.7 Å². The number of carbonyl (C=O) groups is 2. The molecule has 0 saturated carbocycles. The molecule has 0 aliphatic heterocycles. The molecule has 0 aliphatic rings. The van der Waals surface area contributed by atoms with E-state index in [1.807, 2.05) is 0 Å².